The molecule has 0 aromatic carbocycles. The van der Waals surface area contributed by atoms with Gasteiger partial charge in [-0.2, -0.15) is 0 Å². The molecule has 80 valence electrons. The third kappa shape index (κ3) is 2.07. The van der Waals surface area contributed by atoms with Gasteiger partial charge in [0, 0.05) is 24.3 Å². The van der Waals surface area contributed by atoms with E-state index in [-0.39, 0.29) is 0 Å². The van der Waals surface area contributed by atoms with Gasteiger partial charge in [0.25, 0.3) is 0 Å². The molecule has 0 saturated carbocycles. The first kappa shape index (κ1) is 10.7. The third-order valence-corrected chi connectivity index (χ3v) is 3.49. The molecule has 0 aliphatic carbocycles. The van der Waals surface area contributed by atoms with E-state index in [4.69, 9.17) is 0 Å². The van der Waals surface area contributed by atoms with Crippen molar-refractivity contribution < 1.29 is 0 Å². The van der Waals surface area contributed by atoms with Gasteiger partial charge in [-0.15, -0.1) is 0 Å². The van der Waals surface area contributed by atoms with Crippen molar-refractivity contribution in [2.45, 2.75) is 26.8 Å². The lowest BCUT2D eigenvalue weighted by Crippen LogP contribution is -2.05. The summed E-state index contributed by atoms with van der Waals surface area (Å²) >= 11 is 3.47. The predicted octanol–water partition coefficient (Wildman–Crippen LogP) is 3.84. The maximum atomic E-state index is 4.22. The predicted molar refractivity (Wildman–Crippen MR) is 66.9 cm³/mol. The zero-order valence-corrected chi connectivity index (χ0v) is 10.7. The van der Waals surface area contributed by atoms with Crippen LogP contribution in [0.25, 0.3) is 10.9 Å². The molecule has 0 N–H and O–H groups in total. The quantitative estimate of drug-likeness (QED) is 0.772. The van der Waals surface area contributed by atoms with Gasteiger partial charge in [-0.25, -0.2) is 4.98 Å². The van der Waals surface area contributed by atoms with Crippen LogP contribution in [0.5, 0.6) is 0 Å². The standard InChI is InChI=1S/C12H15BrN2/c1-3-9(2)8-15-7-5-10-11(15)4-6-14-12(10)13/h4-7,9H,3,8H2,1-2H3. The number of aromatic nitrogens is 2. The molecule has 0 bridgehead atoms. The van der Waals surface area contributed by atoms with Crippen LogP contribution in [0.1, 0.15) is 20.3 Å². The second-order valence-corrected chi connectivity index (χ2v) is 4.77. The minimum Gasteiger partial charge on any atom is -0.347 e. The van der Waals surface area contributed by atoms with Gasteiger partial charge >= 0.3 is 0 Å². The maximum Gasteiger partial charge on any atom is 0.115 e. The first-order chi connectivity index (χ1) is 7.22. The summed E-state index contributed by atoms with van der Waals surface area (Å²) in [6.07, 6.45) is 5.20. The van der Waals surface area contributed by atoms with Crippen molar-refractivity contribution in [1.29, 1.82) is 0 Å². The molecule has 2 rings (SSSR count). The van der Waals surface area contributed by atoms with Crippen molar-refractivity contribution >= 4 is 26.8 Å². The van der Waals surface area contributed by atoms with Crippen LogP contribution in [0.4, 0.5) is 0 Å². The molecular weight excluding hydrogens is 252 g/mol. The summed E-state index contributed by atoms with van der Waals surface area (Å²) in [6, 6.07) is 4.19. The summed E-state index contributed by atoms with van der Waals surface area (Å²) in [4.78, 5) is 4.22. The van der Waals surface area contributed by atoms with Crippen molar-refractivity contribution in [2.75, 3.05) is 0 Å². The molecule has 0 saturated heterocycles. The van der Waals surface area contributed by atoms with Crippen LogP contribution >= 0.6 is 15.9 Å². The molecule has 3 heteroatoms. The van der Waals surface area contributed by atoms with E-state index in [2.05, 4.69) is 57.7 Å². The Labute approximate surface area is 98.4 Å². The zero-order valence-electron chi connectivity index (χ0n) is 9.07. The molecule has 1 unspecified atom stereocenters. The largest absolute Gasteiger partial charge is 0.347 e. The topological polar surface area (TPSA) is 17.8 Å². The van der Waals surface area contributed by atoms with Gasteiger partial charge in [-0.1, -0.05) is 20.3 Å². The fourth-order valence-electron chi connectivity index (χ4n) is 1.71. The fourth-order valence-corrected chi connectivity index (χ4v) is 2.17. The molecule has 0 aliphatic rings. The van der Waals surface area contributed by atoms with Crippen molar-refractivity contribution in [3.05, 3.63) is 29.1 Å². The fraction of sp³-hybridized carbons (Fsp3) is 0.417. The van der Waals surface area contributed by atoms with Crippen LogP contribution in [0, 0.1) is 5.92 Å². The van der Waals surface area contributed by atoms with Crippen LogP contribution in [0.2, 0.25) is 0 Å². The molecule has 0 amide bonds. The van der Waals surface area contributed by atoms with Crippen molar-refractivity contribution in [3.8, 4) is 0 Å². The highest BCUT2D eigenvalue weighted by atomic mass is 79.9. The number of fused-ring (bicyclic) bond motifs is 1. The van der Waals surface area contributed by atoms with Crippen molar-refractivity contribution in [2.24, 2.45) is 5.92 Å². The van der Waals surface area contributed by atoms with Crippen LogP contribution in [-0.4, -0.2) is 9.55 Å². The molecule has 0 radical (unpaired) electrons. The monoisotopic (exact) mass is 266 g/mol. The molecule has 1 atom stereocenters. The summed E-state index contributed by atoms with van der Waals surface area (Å²) in [5, 5.41) is 1.20. The van der Waals surface area contributed by atoms with E-state index in [1.807, 2.05) is 6.20 Å². The van der Waals surface area contributed by atoms with Crippen LogP contribution in [0.15, 0.2) is 29.1 Å². The molecule has 2 aromatic rings. The highest BCUT2D eigenvalue weighted by molar-refractivity contribution is 9.10. The van der Waals surface area contributed by atoms with Crippen LogP contribution in [-0.2, 0) is 6.54 Å². The highest BCUT2D eigenvalue weighted by Gasteiger charge is 2.06. The van der Waals surface area contributed by atoms with E-state index in [0.29, 0.717) is 5.92 Å². The second-order valence-electron chi connectivity index (χ2n) is 4.02. The number of nitrogens with zero attached hydrogens (tertiary/aromatic N) is 2. The SMILES string of the molecule is CCC(C)Cn1ccc2c(Br)nccc21. The Balaban J connectivity index is 2.41. The minimum absolute atomic E-state index is 0.715. The average Bonchev–Trinajstić information content (AvgIpc) is 2.63. The molecule has 0 fully saturated rings. The minimum atomic E-state index is 0.715. The first-order valence-corrected chi connectivity index (χ1v) is 6.11. The van der Waals surface area contributed by atoms with Gasteiger partial charge in [0.2, 0.25) is 0 Å². The number of pyridine rings is 1. The normalized spacial score (nSPS) is 13.3. The van der Waals surface area contributed by atoms with Crippen molar-refractivity contribution in [1.82, 2.24) is 9.55 Å². The summed E-state index contributed by atoms with van der Waals surface area (Å²) in [5.74, 6) is 0.715. The molecule has 15 heavy (non-hydrogen) atoms. The molecular formula is C12H15BrN2. The van der Waals surface area contributed by atoms with Gasteiger partial charge in [0.05, 0.1) is 5.52 Å². The lowest BCUT2D eigenvalue weighted by atomic mass is 10.1. The van der Waals surface area contributed by atoms with Gasteiger partial charge in [0.15, 0.2) is 0 Å². The van der Waals surface area contributed by atoms with Gasteiger partial charge in [0.1, 0.15) is 4.60 Å². The maximum absolute atomic E-state index is 4.22. The molecule has 2 nitrogen and oxygen atoms in total. The van der Waals surface area contributed by atoms with E-state index < -0.39 is 0 Å². The average molecular weight is 267 g/mol. The molecule has 0 aliphatic heterocycles. The van der Waals surface area contributed by atoms with Gasteiger partial charge in [-0.05, 0) is 34.0 Å². The summed E-state index contributed by atoms with van der Waals surface area (Å²) in [5.41, 5.74) is 1.26. The molecule has 2 aromatic heterocycles. The summed E-state index contributed by atoms with van der Waals surface area (Å²) in [6.45, 7) is 5.59. The Morgan fingerprint density at radius 1 is 1.47 bits per heavy atom. The zero-order chi connectivity index (χ0) is 10.8. The Bertz CT molecular complexity index is 462. The third-order valence-electron chi connectivity index (χ3n) is 2.85. The van der Waals surface area contributed by atoms with E-state index in [0.717, 1.165) is 11.1 Å². The number of halogens is 1. The smallest absolute Gasteiger partial charge is 0.115 e. The number of rotatable bonds is 3. The van der Waals surface area contributed by atoms with Crippen LogP contribution < -0.4 is 0 Å². The lowest BCUT2D eigenvalue weighted by molar-refractivity contribution is 0.477. The van der Waals surface area contributed by atoms with E-state index >= 15 is 0 Å². The van der Waals surface area contributed by atoms with Crippen molar-refractivity contribution in [3.63, 3.8) is 0 Å². The Hall–Kier alpha value is -0.830. The molecule has 0 spiro atoms. The number of hydrogen-bond acceptors (Lipinski definition) is 1. The highest BCUT2D eigenvalue weighted by Crippen LogP contribution is 2.23. The Morgan fingerprint density at radius 3 is 3.00 bits per heavy atom. The second kappa shape index (κ2) is 4.35. The first-order valence-electron chi connectivity index (χ1n) is 5.31. The Morgan fingerprint density at radius 2 is 2.27 bits per heavy atom. The van der Waals surface area contributed by atoms with Gasteiger partial charge in [-0.3, -0.25) is 0 Å². The van der Waals surface area contributed by atoms with E-state index in [1.165, 1.54) is 17.3 Å². The lowest BCUT2D eigenvalue weighted by Gasteiger charge is -2.10. The van der Waals surface area contributed by atoms with Crippen LogP contribution in [0.3, 0.4) is 0 Å². The number of hydrogen-bond donors (Lipinski definition) is 0. The molecule has 2 heterocycles. The summed E-state index contributed by atoms with van der Waals surface area (Å²) < 4.78 is 3.23. The van der Waals surface area contributed by atoms with Gasteiger partial charge < -0.3 is 4.57 Å². The Kier molecular flexibility index (Phi) is 3.10. The van der Waals surface area contributed by atoms with E-state index in [9.17, 15) is 0 Å². The van der Waals surface area contributed by atoms with E-state index in [1.54, 1.807) is 0 Å². The summed E-state index contributed by atoms with van der Waals surface area (Å²) in [7, 11) is 0.